The minimum absolute atomic E-state index is 0.853. The molecule has 0 saturated heterocycles. The van der Waals surface area contributed by atoms with E-state index in [-0.39, 0.29) is 0 Å². The zero-order valence-electron chi connectivity index (χ0n) is 79.9. The van der Waals surface area contributed by atoms with Gasteiger partial charge in [0.25, 0.3) is 0 Å². The van der Waals surface area contributed by atoms with Crippen molar-refractivity contribution in [2.75, 3.05) is 14.7 Å². The quantitative estimate of drug-likeness (QED) is 0.0929. The molecule has 0 amide bonds. The fourth-order valence-corrected chi connectivity index (χ4v) is 21.6. The van der Waals surface area contributed by atoms with Crippen LogP contribution in [0.2, 0.25) is 0 Å². The van der Waals surface area contributed by atoms with Crippen LogP contribution >= 0.6 is 0 Å². The lowest BCUT2D eigenvalue weighted by Crippen LogP contribution is -2.09. The molecule has 0 aliphatic carbocycles. The Morgan fingerprint density at radius 3 is 0.649 bits per heavy atom. The number of nitrogens with zero attached hydrogens (tertiary/aromatic N) is 3. The Balaban J connectivity index is 0.000000109. The van der Waals surface area contributed by atoms with Gasteiger partial charge in [0.05, 0.1) is 0 Å². The van der Waals surface area contributed by atoms with Crippen molar-refractivity contribution in [2.45, 2.75) is 0 Å². The number of furan rings is 7. The Kier molecular flexibility index (Phi) is 21.1. The van der Waals surface area contributed by atoms with E-state index in [2.05, 4.69) is 458 Å². The van der Waals surface area contributed by atoms with E-state index in [0.29, 0.717) is 0 Å². The largest absolute Gasteiger partial charge is 0.456 e. The molecular weight excluding hydrogens is 1810 g/mol. The summed E-state index contributed by atoms with van der Waals surface area (Å²) in [4.78, 5) is 6.89. The molecule has 0 saturated carbocycles. The molecule has 10 heteroatoms. The summed E-state index contributed by atoms with van der Waals surface area (Å²) >= 11 is 0. The minimum atomic E-state index is 0.853. The molecule has 23 aromatic carbocycles. The van der Waals surface area contributed by atoms with Crippen LogP contribution in [-0.4, -0.2) is 0 Å². The summed E-state index contributed by atoms with van der Waals surface area (Å²) < 4.78 is 44.0. The van der Waals surface area contributed by atoms with Gasteiger partial charge in [0.2, 0.25) is 0 Å². The lowest BCUT2D eigenvalue weighted by atomic mass is 9.93. The van der Waals surface area contributed by atoms with Crippen LogP contribution in [0.5, 0.6) is 0 Å². The Hall–Kier alpha value is -19.9. The second-order valence-corrected chi connectivity index (χ2v) is 37.6. The first-order valence-corrected chi connectivity index (χ1v) is 49.9. The maximum absolute atomic E-state index is 6.41. The summed E-state index contributed by atoms with van der Waals surface area (Å²) in [5.41, 5.74) is 37.9. The third-order valence-electron chi connectivity index (χ3n) is 28.8. The summed E-state index contributed by atoms with van der Waals surface area (Å²) in [5.74, 6) is 0. The van der Waals surface area contributed by atoms with Crippen LogP contribution in [0.1, 0.15) is 0 Å². The fraction of sp³-hybridized carbons (Fsp3) is 0. The van der Waals surface area contributed by atoms with Crippen LogP contribution in [-0.2, 0) is 0 Å². The van der Waals surface area contributed by atoms with E-state index in [9.17, 15) is 0 Å². The highest BCUT2D eigenvalue weighted by atomic mass is 16.4. The molecule has 7 aromatic heterocycles. The Morgan fingerprint density at radius 2 is 0.304 bits per heavy atom. The number of fused-ring (bicyclic) bond motifs is 21. The average Bonchev–Trinajstić information content (AvgIpc) is 1.59. The van der Waals surface area contributed by atoms with Gasteiger partial charge in [-0.1, -0.05) is 322 Å². The van der Waals surface area contributed by atoms with E-state index in [1.54, 1.807) is 0 Å². The van der Waals surface area contributed by atoms with Crippen LogP contribution in [0, 0.1) is 0 Å². The number of para-hydroxylation sites is 9. The molecule has 0 N–H and O–H groups in total. The molecule has 0 bridgehead atoms. The van der Waals surface area contributed by atoms with Crippen LogP contribution in [0.3, 0.4) is 0 Å². The van der Waals surface area contributed by atoms with Crippen LogP contribution < -0.4 is 14.7 Å². The van der Waals surface area contributed by atoms with Gasteiger partial charge in [-0.2, -0.15) is 0 Å². The van der Waals surface area contributed by atoms with Crippen LogP contribution in [0.15, 0.2) is 559 Å². The van der Waals surface area contributed by atoms with E-state index in [4.69, 9.17) is 30.9 Å². The molecule has 0 fully saturated rings. The number of hydrogen-bond donors (Lipinski definition) is 0. The van der Waals surface area contributed by atoms with E-state index in [1.807, 2.05) is 84.9 Å². The monoisotopic (exact) mass is 1900 g/mol. The molecule has 30 rings (SSSR count). The second kappa shape index (κ2) is 36.2. The summed E-state index contributed by atoms with van der Waals surface area (Å²) in [7, 11) is 0. The van der Waals surface area contributed by atoms with E-state index >= 15 is 0 Å². The van der Waals surface area contributed by atoms with Crippen molar-refractivity contribution in [3.8, 4) is 77.9 Å². The van der Waals surface area contributed by atoms with Crippen molar-refractivity contribution in [1.82, 2.24) is 0 Å². The SMILES string of the molecule is c1ccc(-c2cc(-c3ccccc3)cc(-c3ccc(N(c4ccc5c(c4)oc4ccccc45)c4ccc5c(c4)oc4ccccc45)cc3)c2)cc1.c1ccc(-c2cccc(-c3ccc(N(c4ccc(-c5cccc6c5oc5ccccc56)cc4)c4ccc(-c5cccc6c5oc5ccccc56)cc4)cc3)c2)cc1.c1ccc2c(c1)oc1ccc(N(c3ccc4oc5ccccc5c4c3)c3ccc4oc5ccccc5c4c3)cc12. The van der Waals surface area contributed by atoms with Crippen molar-refractivity contribution >= 4 is 205 Å². The van der Waals surface area contributed by atoms with Gasteiger partial charge in [0.15, 0.2) is 0 Å². The van der Waals surface area contributed by atoms with Crippen molar-refractivity contribution in [2.24, 2.45) is 0 Å². The smallest absolute Gasteiger partial charge is 0.143 e. The molecule has 696 valence electrons. The van der Waals surface area contributed by atoms with Gasteiger partial charge in [-0.05, 0) is 261 Å². The first kappa shape index (κ1) is 86.0. The summed E-state index contributed by atoms with van der Waals surface area (Å²) in [6, 6.07) is 185. The van der Waals surface area contributed by atoms with Crippen LogP contribution in [0.4, 0.5) is 51.2 Å². The number of rotatable bonds is 16. The highest BCUT2D eigenvalue weighted by Crippen LogP contribution is 2.49. The number of benzene rings is 23. The van der Waals surface area contributed by atoms with E-state index < -0.39 is 0 Å². The molecule has 0 aliphatic heterocycles. The Bertz CT molecular complexity index is 9720. The van der Waals surface area contributed by atoms with Crippen molar-refractivity contribution < 1.29 is 30.9 Å². The zero-order chi connectivity index (χ0) is 97.6. The molecule has 0 radical (unpaired) electrons. The highest BCUT2D eigenvalue weighted by molar-refractivity contribution is 6.15. The molecule has 0 atom stereocenters. The maximum atomic E-state index is 6.41. The summed E-state index contributed by atoms with van der Waals surface area (Å²) in [5, 5.41) is 15.5. The normalized spacial score (nSPS) is 11.6. The lowest BCUT2D eigenvalue weighted by molar-refractivity contribution is 0.668. The van der Waals surface area contributed by atoms with Gasteiger partial charge in [-0.15, -0.1) is 0 Å². The van der Waals surface area contributed by atoms with Gasteiger partial charge >= 0.3 is 0 Å². The predicted molar refractivity (Wildman–Crippen MR) is 612 cm³/mol. The summed E-state index contributed by atoms with van der Waals surface area (Å²) in [6.45, 7) is 0. The molecule has 148 heavy (non-hydrogen) atoms. The van der Waals surface area contributed by atoms with Crippen molar-refractivity contribution in [1.29, 1.82) is 0 Å². The molecule has 10 nitrogen and oxygen atoms in total. The van der Waals surface area contributed by atoms with Crippen molar-refractivity contribution in [3.63, 3.8) is 0 Å². The average molecular weight is 1900 g/mol. The van der Waals surface area contributed by atoms with E-state index in [1.165, 1.54) is 50.1 Å². The number of hydrogen-bond acceptors (Lipinski definition) is 10. The third-order valence-corrected chi connectivity index (χ3v) is 28.8. The molecule has 0 spiro atoms. The lowest BCUT2D eigenvalue weighted by Gasteiger charge is -2.26. The zero-order valence-corrected chi connectivity index (χ0v) is 79.9. The second-order valence-electron chi connectivity index (χ2n) is 37.6. The first-order valence-electron chi connectivity index (χ1n) is 49.9. The van der Waals surface area contributed by atoms with Gasteiger partial charge in [-0.25, -0.2) is 0 Å². The molecular formula is C138H87N3O7. The van der Waals surface area contributed by atoms with Crippen molar-refractivity contribution in [3.05, 3.63) is 528 Å². The first-order chi connectivity index (χ1) is 73.3. The summed E-state index contributed by atoms with van der Waals surface area (Å²) in [6.07, 6.45) is 0. The number of anilines is 9. The van der Waals surface area contributed by atoms with Gasteiger partial charge in [0, 0.05) is 150 Å². The molecule has 30 aromatic rings. The molecule has 0 aliphatic rings. The minimum Gasteiger partial charge on any atom is -0.456 e. The standard InChI is InChI=1S/C54H35NO2.C48H31NO2.C36H21NO3/c1-2-11-36(12-3-1)40-13-8-14-41(35-40)37-23-29-42(30-24-37)55(43-31-25-38(26-32-43)45-17-9-19-49-47-15-4-6-21-51(47)56-53(45)49)44-33-27-39(28-34-44)46-18-10-20-50-48-16-5-7-22-52(48)57-54(46)50;1-3-11-32(12-4-1)35-27-36(33-13-5-2-6-14-33)29-37(28-35)34-19-21-38(22-20-34)49(39-23-25-43-41-15-7-9-17-45(41)50-47(43)30-39)40-24-26-44-42-16-8-10-18-46(42)51-48(44)31-40;1-4-10-31-25(7-1)28-19-22(13-16-34(28)38-31)37(23-14-17-35-29(20-23)26-8-2-5-11-32(26)39-35)24-15-18-36-30(21-24)27-9-3-6-12-33(27)40-36/h1-35H;1-31H;1-21H. The molecule has 7 heterocycles. The molecule has 0 unspecified atom stereocenters. The van der Waals surface area contributed by atoms with Crippen LogP contribution in [0.25, 0.3) is 231 Å². The predicted octanol–water partition coefficient (Wildman–Crippen LogP) is 40.4. The van der Waals surface area contributed by atoms with Gasteiger partial charge < -0.3 is 45.6 Å². The van der Waals surface area contributed by atoms with E-state index in [0.717, 1.165) is 233 Å². The van der Waals surface area contributed by atoms with Gasteiger partial charge in [-0.3, -0.25) is 0 Å². The third kappa shape index (κ3) is 15.6. The Labute approximate surface area is 850 Å². The fourth-order valence-electron chi connectivity index (χ4n) is 21.6. The maximum Gasteiger partial charge on any atom is 0.143 e. The van der Waals surface area contributed by atoms with Gasteiger partial charge in [0.1, 0.15) is 78.2 Å². The Morgan fingerprint density at radius 1 is 0.101 bits per heavy atom. The topological polar surface area (TPSA) is 102 Å². The highest BCUT2D eigenvalue weighted by Gasteiger charge is 2.26.